The Hall–Kier alpha value is -2.73. The van der Waals surface area contributed by atoms with Crippen LogP contribution >= 0.6 is 0 Å². The highest BCUT2D eigenvalue weighted by molar-refractivity contribution is 5.77. The summed E-state index contributed by atoms with van der Waals surface area (Å²) in [6, 6.07) is 15.2. The molecule has 0 saturated heterocycles. The Kier molecular flexibility index (Phi) is 7.14. The van der Waals surface area contributed by atoms with Crippen LogP contribution in [0.4, 0.5) is 0 Å². The standard InChI is InChI=1S/C22H27NO5/c1-16(2)22(17-8-9-19-20(14-17)28-13-12-27-19)23-21(24)15-25-10-11-26-18-6-4-3-5-7-18/h3-9,14,16,22H,10-13,15H2,1-2H3,(H,23,24). The summed E-state index contributed by atoms with van der Waals surface area (Å²) in [5.41, 5.74) is 0.986. The molecule has 0 fully saturated rings. The quantitative estimate of drug-likeness (QED) is 0.671. The largest absolute Gasteiger partial charge is 0.491 e. The molecule has 1 unspecified atom stereocenters. The van der Waals surface area contributed by atoms with Crippen LogP contribution < -0.4 is 19.5 Å². The summed E-state index contributed by atoms with van der Waals surface area (Å²) in [5.74, 6) is 2.30. The van der Waals surface area contributed by atoms with E-state index in [-0.39, 0.29) is 24.5 Å². The molecule has 1 aliphatic heterocycles. The Morgan fingerprint density at radius 3 is 2.54 bits per heavy atom. The molecule has 6 nitrogen and oxygen atoms in total. The van der Waals surface area contributed by atoms with Gasteiger partial charge in [-0.3, -0.25) is 4.79 Å². The smallest absolute Gasteiger partial charge is 0.246 e. The number of carbonyl (C=O) groups is 1. The number of hydrogen-bond acceptors (Lipinski definition) is 5. The van der Waals surface area contributed by atoms with Crippen molar-refractivity contribution in [2.45, 2.75) is 19.9 Å². The topological polar surface area (TPSA) is 66.0 Å². The fourth-order valence-electron chi connectivity index (χ4n) is 3.00. The number of benzene rings is 2. The van der Waals surface area contributed by atoms with Crippen LogP contribution in [-0.2, 0) is 9.53 Å². The average Bonchev–Trinajstić information content (AvgIpc) is 2.72. The number of para-hydroxylation sites is 1. The lowest BCUT2D eigenvalue weighted by atomic mass is 9.95. The molecule has 2 aromatic carbocycles. The van der Waals surface area contributed by atoms with Gasteiger partial charge in [-0.25, -0.2) is 0 Å². The van der Waals surface area contributed by atoms with Gasteiger partial charge in [0.05, 0.1) is 12.6 Å². The fourth-order valence-corrected chi connectivity index (χ4v) is 3.00. The molecule has 0 aromatic heterocycles. The SMILES string of the molecule is CC(C)C(NC(=O)COCCOc1ccccc1)c1ccc2c(c1)OCCO2. The van der Waals surface area contributed by atoms with Gasteiger partial charge in [0.2, 0.25) is 5.91 Å². The van der Waals surface area contributed by atoms with E-state index in [2.05, 4.69) is 19.2 Å². The van der Waals surface area contributed by atoms with Gasteiger partial charge in [0, 0.05) is 0 Å². The van der Waals surface area contributed by atoms with E-state index >= 15 is 0 Å². The molecule has 1 N–H and O–H groups in total. The van der Waals surface area contributed by atoms with Gasteiger partial charge in [-0.1, -0.05) is 38.1 Å². The van der Waals surface area contributed by atoms with Crippen molar-refractivity contribution in [3.63, 3.8) is 0 Å². The molecule has 0 saturated carbocycles. The number of hydrogen-bond donors (Lipinski definition) is 1. The summed E-state index contributed by atoms with van der Waals surface area (Å²) < 4.78 is 22.2. The normalized spacial score (nSPS) is 13.8. The van der Waals surface area contributed by atoms with Gasteiger partial charge in [-0.15, -0.1) is 0 Å². The van der Waals surface area contributed by atoms with Crippen molar-refractivity contribution in [3.05, 3.63) is 54.1 Å². The van der Waals surface area contributed by atoms with Crippen molar-refractivity contribution in [1.29, 1.82) is 0 Å². The van der Waals surface area contributed by atoms with Gasteiger partial charge in [0.25, 0.3) is 0 Å². The molecule has 28 heavy (non-hydrogen) atoms. The Morgan fingerprint density at radius 2 is 1.79 bits per heavy atom. The van der Waals surface area contributed by atoms with Crippen molar-refractivity contribution in [2.75, 3.05) is 33.0 Å². The Balaban J connectivity index is 1.46. The van der Waals surface area contributed by atoms with Crippen LogP contribution in [0.1, 0.15) is 25.5 Å². The lowest BCUT2D eigenvalue weighted by Crippen LogP contribution is -2.34. The van der Waals surface area contributed by atoms with Gasteiger partial charge >= 0.3 is 0 Å². The summed E-state index contributed by atoms with van der Waals surface area (Å²) in [6.45, 7) is 5.96. The zero-order valence-corrected chi connectivity index (χ0v) is 16.4. The molecule has 3 rings (SSSR count). The maximum atomic E-state index is 12.3. The number of rotatable bonds is 9. The van der Waals surface area contributed by atoms with E-state index in [4.69, 9.17) is 18.9 Å². The zero-order chi connectivity index (χ0) is 19.8. The first-order valence-electron chi connectivity index (χ1n) is 9.58. The number of fused-ring (bicyclic) bond motifs is 1. The van der Waals surface area contributed by atoms with E-state index in [9.17, 15) is 4.79 Å². The zero-order valence-electron chi connectivity index (χ0n) is 16.4. The van der Waals surface area contributed by atoms with E-state index in [0.717, 1.165) is 22.8 Å². The number of nitrogens with one attached hydrogen (secondary N) is 1. The van der Waals surface area contributed by atoms with Crippen LogP contribution in [0.25, 0.3) is 0 Å². The molecule has 0 aliphatic carbocycles. The van der Waals surface area contributed by atoms with Gasteiger partial charge in [0.1, 0.15) is 32.2 Å². The van der Waals surface area contributed by atoms with Crippen LogP contribution in [0.3, 0.4) is 0 Å². The van der Waals surface area contributed by atoms with Crippen LogP contribution in [0.15, 0.2) is 48.5 Å². The Morgan fingerprint density at radius 1 is 1.04 bits per heavy atom. The maximum absolute atomic E-state index is 12.3. The van der Waals surface area contributed by atoms with E-state index in [1.165, 1.54) is 0 Å². The van der Waals surface area contributed by atoms with Crippen LogP contribution in [0.5, 0.6) is 17.2 Å². The predicted molar refractivity (Wildman–Crippen MR) is 106 cm³/mol. The summed E-state index contributed by atoms with van der Waals surface area (Å²) in [7, 11) is 0. The van der Waals surface area contributed by atoms with Crippen molar-refractivity contribution in [3.8, 4) is 17.2 Å². The number of carbonyl (C=O) groups excluding carboxylic acids is 1. The third-order valence-electron chi connectivity index (χ3n) is 4.38. The molecule has 1 aliphatic rings. The van der Waals surface area contributed by atoms with Crippen molar-refractivity contribution >= 4 is 5.91 Å². The van der Waals surface area contributed by atoms with Crippen LogP contribution in [-0.4, -0.2) is 38.9 Å². The molecule has 0 spiro atoms. The molecule has 0 radical (unpaired) electrons. The van der Waals surface area contributed by atoms with E-state index in [1.807, 2.05) is 48.5 Å². The molecule has 0 bridgehead atoms. The molecule has 1 amide bonds. The number of amides is 1. The van der Waals surface area contributed by atoms with Crippen molar-refractivity contribution in [2.24, 2.45) is 5.92 Å². The predicted octanol–water partition coefficient (Wildman–Crippen LogP) is 3.37. The van der Waals surface area contributed by atoms with Gasteiger partial charge in [0.15, 0.2) is 11.5 Å². The lowest BCUT2D eigenvalue weighted by Gasteiger charge is -2.25. The Bertz CT molecular complexity index is 763. The monoisotopic (exact) mass is 385 g/mol. The highest BCUT2D eigenvalue weighted by atomic mass is 16.6. The molecular formula is C22H27NO5. The summed E-state index contributed by atoms with van der Waals surface area (Å²) in [6.07, 6.45) is 0. The third-order valence-corrected chi connectivity index (χ3v) is 4.38. The lowest BCUT2D eigenvalue weighted by molar-refractivity contribution is -0.127. The molecule has 1 heterocycles. The van der Waals surface area contributed by atoms with Crippen LogP contribution in [0, 0.1) is 5.92 Å². The van der Waals surface area contributed by atoms with E-state index < -0.39 is 0 Å². The minimum Gasteiger partial charge on any atom is -0.491 e. The van der Waals surface area contributed by atoms with E-state index in [1.54, 1.807) is 0 Å². The van der Waals surface area contributed by atoms with Gasteiger partial charge in [-0.05, 0) is 35.7 Å². The summed E-state index contributed by atoms with van der Waals surface area (Å²) >= 11 is 0. The average molecular weight is 385 g/mol. The molecular weight excluding hydrogens is 358 g/mol. The second kappa shape index (κ2) is 9.99. The van der Waals surface area contributed by atoms with Gasteiger partial charge in [-0.2, -0.15) is 0 Å². The fraction of sp³-hybridized carbons (Fsp3) is 0.409. The third kappa shape index (κ3) is 5.63. The van der Waals surface area contributed by atoms with Gasteiger partial charge < -0.3 is 24.3 Å². The minimum absolute atomic E-state index is 0.00801. The first-order valence-corrected chi connectivity index (χ1v) is 9.58. The first kappa shape index (κ1) is 20.0. The highest BCUT2D eigenvalue weighted by Crippen LogP contribution is 2.34. The second-order valence-electron chi connectivity index (χ2n) is 6.91. The summed E-state index contributed by atoms with van der Waals surface area (Å²) in [5, 5.41) is 3.05. The van der Waals surface area contributed by atoms with Crippen molar-refractivity contribution < 1.29 is 23.7 Å². The molecule has 150 valence electrons. The first-order chi connectivity index (χ1) is 13.6. The molecule has 2 aromatic rings. The summed E-state index contributed by atoms with van der Waals surface area (Å²) in [4.78, 5) is 12.3. The van der Waals surface area contributed by atoms with E-state index in [0.29, 0.717) is 26.4 Å². The second-order valence-corrected chi connectivity index (χ2v) is 6.91. The number of ether oxygens (including phenoxy) is 4. The van der Waals surface area contributed by atoms with Crippen molar-refractivity contribution in [1.82, 2.24) is 5.32 Å². The highest BCUT2D eigenvalue weighted by Gasteiger charge is 2.21. The van der Waals surface area contributed by atoms with Crippen LogP contribution in [0.2, 0.25) is 0 Å². The Labute approximate surface area is 165 Å². The molecule has 6 heteroatoms. The maximum Gasteiger partial charge on any atom is 0.246 e. The molecule has 1 atom stereocenters. The minimum atomic E-state index is -0.159.